The van der Waals surface area contributed by atoms with Crippen LogP contribution in [0.1, 0.15) is 5.56 Å². The van der Waals surface area contributed by atoms with Crippen LogP contribution in [-0.4, -0.2) is 23.5 Å². The fourth-order valence-electron chi connectivity index (χ4n) is 2.69. The average Bonchev–Trinajstić information content (AvgIpc) is 3.18. The van der Waals surface area contributed by atoms with Crippen molar-refractivity contribution in [2.24, 2.45) is 5.14 Å². The fraction of sp³-hybridized carbons (Fsp3) is 0.0500. The molecule has 8 nitrogen and oxygen atoms in total. The number of sulfonamides is 1. The van der Waals surface area contributed by atoms with Crippen molar-refractivity contribution in [3.63, 3.8) is 0 Å². The minimum absolute atomic E-state index is 0.0531. The molecule has 0 saturated heterocycles. The van der Waals surface area contributed by atoms with E-state index >= 15 is 0 Å². The van der Waals surface area contributed by atoms with Crippen LogP contribution in [0.25, 0.3) is 22.8 Å². The number of hydrogen-bond donors (Lipinski definition) is 1. The summed E-state index contributed by atoms with van der Waals surface area (Å²) in [6, 6.07) is 17.4. The van der Waals surface area contributed by atoms with Gasteiger partial charge in [-0.25, -0.2) is 18.5 Å². The van der Waals surface area contributed by atoms with Gasteiger partial charge >= 0.3 is 0 Å². The Morgan fingerprint density at radius 1 is 1.03 bits per heavy atom. The Kier molecular flexibility index (Phi) is 4.83. The average molecular weight is 408 g/mol. The van der Waals surface area contributed by atoms with E-state index in [0.717, 1.165) is 5.56 Å². The first-order valence-electron chi connectivity index (χ1n) is 8.57. The number of aromatic nitrogens is 3. The molecule has 0 bridgehead atoms. The highest BCUT2D eigenvalue weighted by atomic mass is 32.2. The second-order valence-electron chi connectivity index (χ2n) is 6.27. The standard InChI is InChI=1S/C20H16N4O4S/c1-13-7-9-17(29(21,25)26)16(11-13)20-23-19(24-28-20)14-8-10-18(22-12-14)27-15-5-3-2-4-6-15/h2-12H,1H3,(H2,21,25,26). The molecule has 2 aromatic heterocycles. The molecule has 29 heavy (non-hydrogen) atoms. The van der Waals surface area contributed by atoms with Crippen molar-refractivity contribution in [1.29, 1.82) is 0 Å². The molecule has 0 atom stereocenters. The fourth-order valence-corrected chi connectivity index (χ4v) is 3.40. The first-order chi connectivity index (χ1) is 13.9. The van der Waals surface area contributed by atoms with Crippen LogP contribution in [0.2, 0.25) is 0 Å². The highest BCUT2D eigenvalue weighted by molar-refractivity contribution is 7.89. The smallest absolute Gasteiger partial charge is 0.259 e. The second kappa shape index (κ2) is 7.46. The number of hydrogen-bond acceptors (Lipinski definition) is 7. The maximum atomic E-state index is 11.9. The zero-order valence-corrected chi connectivity index (χ0v) is 16.1. The third kappa shape index (κ3) is 4.15. The van der Waals surface area contributed by atoms with Crippen molar-refractivity contribution < 1.29 is 17.7 Å². The van der Waals surface area contributed by atoms with Crippen molar-refractivity contribution in [1.82, 2.24) is 15.1 Å². The molecular formula is C20H16N4O4S. The quantitative estimate of drug-likeness (QED) is 0.536. The van der Waals surface area contributed by atoms with Gasteiger partial charge in [-0.05, 0) is 37.3 Å². The molecule has 2 aromatic carbocycles. The molecule has 0 unspecified atom stereocenters. The Labute approximate surface area is 167 Å². The number of benzene rings is 2. The van der Waals surface area contributed by atoms with Crippen LogP contribution in [0.15, 0.2) is 76.3 Å². The zero-order valence-electron chi connectivity index (χ0n) is 15.3. The number of ether oxygens (including phenoxy) is 1. The molecule has 0 aliphatic heterocycles. The molecule has 146 valence electrons. The van der Waals surface area contributed by atoms with Gasteiger partial charge in [0, 0.05) is 17.8 Å². The van der Waals surface area contributed by atoms with E-state index in [-0.39, 0.29) is 22.2 Å². The number of rotatable bonds is 5. The third-order valence-electron chi connectivity index (χ3n) is 4.06. The van der Waals surface area contributed by atoms with Crippen LogP contribution >= 0.6 is 0 Å². The van der Waals surface area contributed by atoms with Gasteiger partial charge in [0.1, 0.15) is 5.75 Å². The lowest BCUT2D eigenvalue weighted by Crippen LogP contribution is -2.13. The Balaban J connectivity index is 1.63. The highest BCUT2D eigenvalue weighted by Crippen LogP contribution is 2.29. The summed E-state index contributed by atoms with van der Waals surface area (Å²) >= 11 is 0. The van der Waals surface area contributed by atoms with Gasteiger partial charge in [0.05, 0.1) is 10.5 Å². The van der Waals surface area contributed by atoms with Gasteiger partial charge in [-0.15, -0.1) is 0 Å². The van der Waals surface area contributed by atoms with Crippen LogP contribution in [0.4, 0.5) is 0 Å². The van der Waals surface area contributed by atoms with Crippen molar-refractivity contribution in [3.8, 4) is 34.5 Å². The topological polar surface area (TPSA) is 121 Å². The molecule has 0 aliphatic rings. The van der Waals surface area contributed by atoms with Crippen LogP contribution in [0.3, 0.4) is 0 Å². The van der Waals surface area contributed by atoms with E-state index in [4.69, 9.17) is 14.4 Å². The van der Waals surface area contributed by atoms with E-state index in [1.165, 1.54) is 6.07 Å². The van der Waals surface area contributed by atoms with E-state index in [2.05, 4.69) is 15.1 Å². The molecule has 4 rings (SSSR count). The molecule has 0 fully saturated rings. The molecule has 2 N–H and O–H groups in total. The van der Waals surface area contributed by atoms with Gasteiger partial charge in [0.15, 0.2) is 0 Å². The van der Waals surface area contributed by atoms with E-state index in [1.807, 2.05) is 37.3 Å². The summed E-state index contributed by atoms with van der Waals surface area (Å²) < 4.78 is 34.7. The number of primary sulfonamides is 1. The molecule has 2 heterocycles. The molecule has 0 aliphatic carbocycles. The summed E-state index contributed by atoms with van der Waals surface area (Å²) in [5.41, 5.74) is 1.67. The molecule has 0 amide bonds. The summed E-state index contributed by atoms with van der Waals surface area (Å²) in [5, 5.41) is 9.23. The molecule has 0 radical (unpaired) electrons. The van der Waals surface area contributed by atoms with Gasteiger partial charge in [-0.3, -0.25) is 0 Å². The van der Waals surface area contributed by atoms with Gasteiger partial charge in [0.2, 0.25) is 21.7 Å². The van der Waals surface area contributed by atoms with Crippen LogP contribution in [-0.2, 0) is 10.0 Å². The normalized spacial score (nSPS) is 11.4. The molecule has 9 heteroatoms. The zero-order chi connectivity index (χ0) is 20.4. The Bertz CT molecular complexity index is 1250. The third-order valence-corrected chi connectivity index (χ3v) is 5.03. The van der Waals surface area contributed by atoms with Crippen molar-refractivity contribution in [2.45, 2.75) is 11.8 Å². The first-order valence-corrected chi connectivity index (χ1v) is 10.1. The maximum absolute atomic E-state index is 11.9. The maximum Gasteiger partial charge on any atom is 0.259 e. The summed E-state index contributed by atoms with van der Waals surface area (Å²) in [5.74, 6) is 1.40. The van der Waals surface area contributed by atoms with E-state index < -0.39 is 10.0 Å². The van der Waals surface area contributed by atoms with Crippen molar-refractivity contribution in [2.75, 3.05) is 0 Å². The summed E-state index contributed by atoms with van der Waals surface area (Å²) in [7, 11) is -3.95. The predicted molar refractivity (Wildman–Crippen MR) is 106 cm³/mol. The second-order valence-corrected chi connectivity index (χ2v) is 7.80. The van der Waals surface area contributed by atoms with Crippen LogP contribution in [0.5, 0.6) is 11.6 Å². The van der Waals surface area contributed by atoms with Gasteiger partial charge in [-0.2, -0.15) is 4.98 Å². The van der Waals surface area contributed by atoms with Crippen molar-refractivity contribution >= 4 is 10.0 Å². The minimum Gasteiger partial charge on any atom is -0.439 e. The predicted octanol–water partition coefficient (Wildman–Crippen LogP) is 3.55. The lowest BCUT2D eigenvalue weighted by atomic mass is 10.1. The van der Waals surface area contributed by atoms with Gasteiger partial charge in [0.25, 0.3) is 5.89 Å². The number of aryl methyl sites for hydroxylation is 1. The van der Waals surface area contributed by atoms with Gasteiger partial charge in [-0.1, -0.05) is 35.0 Å². The number of nitrogens with zero attached hydrogens (tertiary/aromatic N) is 3. The number of para-hydroxylation sites is 1. The molecule has 0 spiro atoms. The van der Waals surface area contributed by atoms with Gasteiger partial charge < -0.3 is 9.26 Å². The highest BCUT2D eigenvalue weighted by Gasteiger charge is 2.20. The Hall–Kier alpha value is -3.56. The monoisotopic (exact) mass is 408 g/mol. The Morgan fingerprint density at radius 3 is 2.52 bits per heavy atom. The molecule has 0 saturated carbocycles. The van der Waals surface area contributed by atoms with E-state index in [1.54, 1.807) is 30.5 Å². The Morgan fingerprint density at radius 2 is 1.83 bits per heavy atom. The summed E-state index contributed by atoms with van der Waals surface area (Å²) in [4.78, 5) is 8.46. The minimum atomic E-state index is -3.95. The van der Waals surface area contributed by atoms with Crippen LogP contribution < -0.4 is 9.88 Å². The molecule has 4 aromatic rings. The lowest BCUT2D eigenvalue weighted by Gasteiger charge is -2.05. The lowest BCUT2D eigenvalue weighted by molar-refractivity contribution is 0.431. The summed E-state index contributed by atoms with van der Waals surface area (Å²) in [6.45, 7) is 1.82. The van der Waals surface area contributed by atoms with Crippen molar-refractivity contribution in [3.05, 3.63) is 72.4 Å². The summed E-state index contributed by atoms with van der Waals surface area (Å²) in [6.07, 6.45) is 1.55. The van der Waals surface area contributed by atoms with Crippen LogP contribution in [0, 0.1) is 6.92 Å². The largest absolute Gasteiger partial charge is 0.439 e. The SMILES string of the molecule is Cc1ccc(S(N)(=O)=O)c(-c2nc(-c3ccc(Oc4ccccc4)nc3)no2)c1. The van der Waals surface area contributed by atoms with E-state index in [9.17, 15) is 8.42 Å². The van der Waals surface area contributed by atoms with E-state index in [0.29, 0.717) is 17.2 Å². The molecular weight excluding hydrogens is 392 g/mol. The number of nitrogens with two attached hydrogens (primary N) is 1. The first kappa shape index (κ1) is 18.8. The number of pyridine rings is 1.